The number of hydrogen-bond acceptors (Lipinski definition) is 30. The molecule has 0 unspecified atom stereocenters. The van der Waals surface area contributed by atoms with Crippen molar-refractivity contribution in [2.45, 2.75) is 6.42 Å². The lowest BCUT2D eigenvalue weighted by Gasteiger charge is -2.30. The van der Waals surface area contributed by atoms with E-state index in [-0.39, 0.29) is 29.5 Å². The Balaban J connectivity index is 0.000000109. The van der Waals surface area contributed by atoms with Gasteiger partial charge in [-0.1, -0.05) is 72.8 Å². The van der Waals surface area contributed by atoms with E-state index in [9.17, 15) is 24.0 Å². The topological polar surface area (TPSA) is 322 Å². The predicted octanol–water partition coefficient (Wildman–Crippen LogP) is 22.2. The van der Waals surface area contributed by atoms with Gasteiger partial charge in [0.2, 0.25) is 0 Å². The monoisotopic (exact) mass is 2110 g/mol. The van der Waals surface area contributed by atoms with Crippen LogP contribution in [0.4, 0.5) is 56.9 Å². The lowest BCUT2D eigenvalue weighted by atomic mass is 10.1. The number of methoxy groups -OCH3 is 1. The first-order valence-electron chi connectivity index (χ1n) is 49.4. The summed E-state index contributed by atoms with van der Waals surface area (Å²) < 4.78 is 17.9. The smallest absolute Gasteiger partial charge is 0.265 e. The summed E-state index contributed by atoms with van der Waals surface area (Å²) in [6.45, 7) is 18.5. The summed E-state index contributed by atoms with van der Waals surface area (Å²) in [6, 6.07) is 78.5. The molecule has 35 heteroatoms. The lowest BCUT2D eigenvalue weighted by Crippen LogP contribution is -2.43. The number of hydrogen-bond donors (Lipinski definition) is 10. The first kappa shape index (κ1) is 99.7. The second-order valence-electron chi connectivity index (χ2n) is 35.7. The highest BCUT2D eigenvalue weighted by molar-refractivity contribution is 7.27. The van der Waals surface area contributed by atoms with Gasteiger partial charge >= 0.3 is 0 Å². The largest absolute Gasteiger partial charge is 0.497 e. The van der Waals surface area contributed by atoms with Crippen molar-refractivity contribution >= 4 is 209 Å². The number of furan rings is 2. The molecular formula is C114H106N20O8S7. The van der Waals surface area contributed by atoms with Gasteiger partial charge in [0.1, 0.15) is 22.7 Å². The van der Waals surface area contributed by atoms with Crippen molar-refractivity contribution in [1.29, 1.82) is 0 Å². The van der Waals surface area contributed by atoms with Gasteiger partial charge in [0.05, 0.1) is 130 Å². The minimum atomic E-state index is -0.137. The molecule has 19 aromatic rings. The van der Waals surface area contributed by atoms with Crippen LogP contribution < -0.4 is 82.4 Å². The molecule has 1 aliphatic carbocycles. The van der Waals surface area contributed by atoms with Crippen molar-refractivity contribution in [3.05, 3.63) is 345 Å². The highest BCUT2D eigenvalue weighted by Crippen LogP contribution is 2.44. The van der Waals surface area contributed by atoms with Crippen LogP contribution in [0.25, 0.3) is 94.7 Å². The van der Waals surface area contributed by atoms with E-state index in [0.717, 1.165) is 258 Å². The van der Waals surface area contributed by atoms with Crippen molar-refractivity contribution in [2.75, 3.05) is 189 Å². The Labute approximate surface area is 889 Å². The third-order valence-corrected chi connectivity index (χ3v) is 34.2. The van der Waals surface area contributed by atoms with Gasteiger partial charge in [-0.15, -0.1) is 79.4 Å². The molecule has 0 bridgehead atoms. The molecule has 0 saturated carbocycles. The Hall–Kier alpha value is -15.2. The van der Waals surface area contributed by atoms with E-state index in [0.29, 0.717) is 24.4 Å². The number of ether oxygens (including phenoxy) is 1. The number of amides is 5. The average Bonchev–Trinajstić information content (AvgIpc) is 1.66. The minimum Gasteiger partial charge on any atom is -0.497 e. The summed E-state index contributed by atoms with van der Waals surface area (Å²) in [5, 5.41) is 35.4. The van der Waals surface area contributed by atoms with Crippen LogP contribution >= 0.6 is 79.4 Å². The number of piperazine rings is 5. The summed E-state index contributed by atoms with van der Waals surface area (Å²) in [4.78, 5) is 109. The number of nitrogens with one attached hydrogen (secondary N) is 10. The number of anilines is 10. The molecule has 0 radical (unpaired) electrons. The number of nitrogens with zero attached hydrogens (tertiary/aromatic N) is 10. The number of aromatic nitrogens is 5. The van der Waals surface area contributed by atoms with Crippen LogP contribution in [-0.4, -0.2) is 192 Å². The second kappa shape index (κ2) is 47.7. The third kappa shape index (κ3) is 24.3. The van der Waals surface area contributed by atoms with E-state index in [2.05, 4.69) is 194 Å². The molecule has 0 spiro atoms. The molecule has 149 heavy (non-hydrogen) atoms. The van der Waals surface area contributed by atoms with Crippen LogP contribution in [0.5, 0.6) is 5.75 Å². The number of thiophene rings is 7. The van der Waals surface area contributed by atoms with Crippen LogP contribution in [0.3, 0.4) is 0 Å². The van der Waals surface area contributed by atoms with Gasteiger partial charge in [-0.3, -0.25) is 48.9 Å². The molecule has 5 aliphatic heterocycles. The number of carbonyl (C=O) groups is 5. The van der Waals surface area contributed by atoms with Crippen molar-refractivity contribution < 1.29 is 37.5 Å². The normalized spacial score (nSPS) is 14.4. The van der Waals surface area contributed by atoms with E-state index < -0.39 is 0 Å². The number of fused-ring (bicyclic) bond motifs is 4. The third-order valence-electron chi connectivity index (χ3n) is 26.0. The van der Waals surface area contributed by atoms with Gasteiger partial charge in [0.15, 0.2) is 0 Å². The fraction of sp³-hybridized carbons (Fsp3) is 0.193. The van der Waals surface area contributed by atoms with E-state index in [1.165, 1.54) is 104 Å². The van der Waals surface area contributed by atoms with Gasteiger partial charge in [0.25, 0.3) is 29.5 Å². The fourth-order valence-corrected chi connectivity index (χ4v) is 25.1. The minimum absolute atomic E-state index is 0.0910. The number of allylic oxidation sites excluding steroid dienone is 1. The first-order chi connectivity index (χ1) is 73.3. The standard InChI is InChI=1S/C24H24N4O2S.C24H22N4OS2.2C22H20N4O2S.C22H20N4OS2/c1-30-19-3-2-16-12-18(13-17(16)14-19)22-4-5-23(31-22)24(29)27-20-15-26-7-6-21(20)28-10-8-25-9-11-28;29-24(27-18-16-26-11-10-19(18)28-14-12-25-13-15-28)23-9-8-22(31-23)21-7-6-20(30-21)17-4-2-1-3-5-17;27-22(25-17-14-24-7-5-18(17)26-10-8-23-9-11-26)21-4-3-20(29-21)16-1-2-19-15(13-16)6-12-28-19;27-22(25-16-14-24-8-7-17(16)26-11-9-23-10-12-26)21-6-5-20(29-21)19-13-15-3-1-2-4-18(15)28-19;27-22(25-16-14-24-8-7-17(16)26-11-9-23-10-12-26)20-6-5-19(29-20)21-13-15-3-1-2-4-18(15)28-21/h2-7,13-15,25H,8-12H2,1H3,(H,27,29);1-11,16,25H,12-15H2,(H,27,29);1-7,12-14,23H,8-11H2,(H,25,27);2*1-8,13-14,23H,9-12H2,(H,25,27). The van der Waals surface area contributed by atoms with Gasteiger partial charge in [-0.05, 0) is 210 Å². The van der Waals surface area contributed by atoms with E-state index in [1.54, 1.807) is 98.0 Å². The van der Waals surface area contributed by atoms with Crippen molar-refractivity contribution in [1.82, 2.24) is 51.5 Å². The molecule has 28 nitrogen and oxygen atoms in total. The maximum Gasteiger partial charge on any atom is 0.265 e. The zero-order valence-corrected chi connectivity index (χ0v) is 87.1. The molecule has 25 rings (SSSR count). The van der Waals surface area contributed by atoms with Crippen LogP contribution in [0.1, 0.15) is 64.4 Å². The maximum absolute atomic E-state index is 13.0. The highest BCUT2D eigenvalue weighted by Gasteiger charge is 2.28. The zero-order chi connectivity index (χ0) is 101. The highest BCUT2D eigenvalue weighted by atomic mass is 32.1. The fourth-order valence-electron chi connectivity index (χ4n) is 18.4. The Morgan fingerprint density at radius 1 is 0.315 bits per heavy atom. The number of carbonyl (C=O) groups excluding carboxylic acids is 5. The second-order valence-corrected chi connectivity index (χ2v) is 43.2. The van der Waals surface area contributed by atoms with E-state index in [1.807, 2.05) is 152 Å². The zero-order valence-electron chi connectivity index (χ0n) is 81.4. The van der Waals surface area contributed by atoms with Crippen LogP contribution in [-0.2, 0) is 6.42 Å². The SMILES string of the molecule is COc1ccc2c(c1)C=C(c1ccc(C(=O)Nc3cnccc3N3CCNCC3)s1)C2.O=C(Nc1cnccc1N1CCNCC1)c1ccc(-c2cc3ccccc3o2)s1.O=C(Nc1cnccc1N1CCNCC1)c1ccc(-c2cc3ccccc3s2)s1.O=C(Nc1cnccc1N1CCNCC1)c1ccc(-c2ccc(-c3ccccc3)s2)s1.O=C(Nc1cnccc1N1CCNCC1)c1ccc(-c2ccc3occc3c2)s1. The first-order valence-corrected chi connectivity index (χ1v) is 55.1. The molecule has 5 fully saturated rings. The quantitative estimate of drug-likeness (QED) is 0.0301. The molecule has 0 atom stereocenters. The number of pyridine rings is 5. The molecular weight excluding hydrogens is 2000 g/mol. The van der Waals surface area contributed by atoms with Crippen LogP contribution in [0, 0.1) is 0 Å². The predicted molar refractivity (Wildman–Crippen MR) is 613 cm³/mol. The number of para-hydroxylation sites is 1. The Kier molecular flexibility index (Phi) is 32.0. The van der Waals surface area contributed by atoms with Crippen LogP contribution in [0.2, 0.25) is 0 Å². The number of benzene rings is 5. The van der Waals surface area contributed by atoms with Crippen molar-refractivity contribution in [3.8, 4) is 56.8 Å². The molecule has 5 aromatic carbocycles. The Bertz CT molecular complexity index is 7540. The molecule has 14 aromatic heterocycles. The van der Waals surface area contributed by atoms with Gasteiger partial charge < -0.3 is 91.2 Å². The van der Waals surface area contributed by atoms with Gasteiger partial charge in [0, 0.05) is 211 Å². The average molecular weight is 2110 g/mol. The summed E-state index contributed by atoms with van der Waals surface area (Å²) in [7, 11) is 1.68. The summed E-state index contributed by atoms with van der Waals surface area (Å²) in [6.07, 6.45) is 22.2. The van der Waals surface area contributed by atoms with Gasteiger partial charge in [-0.25, -0.2) is 0 Å². The summed E-state index contributed by atoms with van der Waals surface area (Å²) >= 11 is 11.0. The molecule has 752 valence electrons. The maximum atomic E-state index is 13.0. The molecule has 19 heterocycles. The summed E-state index contributed by atoms with van der Waals surface area (Å²) in [5.74, 6) is 1.10. The van der Waals surface area contributed by atoms with Crippen LogP contribution in [0.15, 0.2) is 314 Å². The van der Waals surface area contributed by atoms with Gasteiger partial charge in [-0.2, -0.15) is 0 Å². The Morgan fingerprint density at radius 2 is 0.691 bits per heavy atom. The molecule has 5 saturated heterocycles. The lowest BCUT2D eigenvalue weighted by molar-refractivity contribution is 0.102. The Morgan fingerprint density at radius 3 is 1.15 bits per heavy atom. The van der Waals surface area contributed by atoms with E-state index >= 15 is 0 Å². The van der Waals surface area contributed by atoms with Crippen molar-refractivity contribution in [3.63, 3.8) is 0 Å². The van der Waals surface area contributed by atoms with Crippen molar-refractivity contribution in [2.24, 2.45) is 0 Å². The molecule has 6 aliphatic rings. The van der Waals surface area contributed by atoms with E-state index in [4.69, 9.17) is 13.6 Å². The molecule has 5 amide bonds. The number of rotatable bonds is 22. The molecule has 10 N–H and O–H groups in total. The summed E-state index contributed by atoms with van der Waals surface area (Å²) in [5.41, 5.74) is 16.5.